The van der Waals surface area contributed by atoms with Gasteiger partial charge in [-0.3, -0.25) is 9.69 Å². The van der Waals surface area contributed by atoms with Crippen LogP contribution < -0.4 is 5.32 Å². The van der Waals surface area contributed by atoms with Crippen LogP contribution in [0.25, 0.3) is 0 Å². The Morgan fingerprint density at radius 3 is 3.05 bits per heavy atom. The van der Waals surface area contributed by atoms with Gasteiger partial charge in [-0.05, 0) is 18.6 Å². The lowest BCUT2D eigenvalue weighted by Crippen LogP contribution is -2.54. The number of carbonyl (C=O) groups is 1. The summed E-state index contributed by atoms with van der Waals surface area (Å²) in [6, 6.07) is 5.96. The molecule has 1 aliphatic heterocycles. The number of esters is 1. The van der Waals surface area contributed by atoms with Crippen molar-refractivity contribution in [3.63, 3.8) is 0 Å². The number of hydrogen-bond donors (Lipinski definition) is 1. The average Bonchev–Trinajstić information content (AvgIpc) is 2.48. The lowest BCUT2D eigenvalue weighted by molar-refractivity contribution is -0.150. The van der Waals surface area contributed by atoms with Gasteiger partial charge in [0, 0.05) is 31.7 Å². The molecule has 1 aromatic carbocycles. The molecule has 0 aliphatic carbocycles. The third kappa shape index (κ3) is 4.22. The number of piperazine rings is 1. The minimum atomic E-state index is -2.48. The standard InChI is InChI=1S/C15H20F2N2O2/c1-2-21-15(20)13-9-18-6-7-19(13)10-11-4-3-5-12(8-11)14(16)17/h3-5,8,13-14,18H,2,6-7,9-10H2,1H3. The summed E-state index contributed by atoms with van der Waals surface area (Å²) in [5.74, 6) is -0.269. The van der Waals surface area contributed by atoms with Gasteiger partial charge in [0.2, 0.25) is 0 Å². The molecule has 0 spiro atoms. The van der Waals surface area contributed by atoms with E-state index in [1.165, 1.54) is 12.1 Å². The zero-order valence-corrected chi connectivity index (χ0v) is 12.0. The molecule has 1 aromatic rings. The number of ether oxygens (including phenoxy) is 1. The predicted molar refractivity (Wildman–Crippen MR) is 75.1 cm³/mol. The summed E-state index contributed by atoms with van der Waals surface area (Å²) < 4.78 is 30.5. The highest BCUT2D eigenvalue weighted by Crippen LogP contribution is 2.21. The zero-order chi connectivity index (χ0) is 15.2. The summed E-state index contributed by atoms with van der Waals surface area (Å²) in [6.45, 7) is 4.54. The zero-order valence-electron chi connectivity index (χ0n) is 12.0. The molecule has 1 aliphatic rings. The first kappa shape index (κ1) is 15.9. The Balaban J connectivity index is 2.08. The van der Waals surface area contributed by atoms with Crippen molar-refractivity contribution in [3.05, 3.63) is 35.4 Å². The topological polar surface area (TPSA) is 41.6 Å². The predicted octanol–water partition coefficient (Wildman–Crippen LogP) is 1.96. The number of benzene rings is 1. The van der Waals surface area contributed by atoms with E-state index in [9.17, 15) is 13.6 Å². The monoisotopic (exact) mass is 298 g/mol. The van der Waals surface area contributed by atoms with Crippen LogP contribution in [0, 0.1) is 0 Å². The maximum Gasteiger partial charge on any atom is 0.324 e. The largest absolute Gasteiger partial charge is 0.465 e. The lowest BCUT2D eigenvalue weighted by Gasteiger charge is -2.34. The van der Waals surface area contributed by atoms with E-state index in [0.29, 0.717) is 26.2 Å². The maximum atomic E-state index is 12.7. The van der Waals surface area contributed by atoms with Gasteiger partial charge in [0.15, 0.2) is 0 Å². The van der Waals surface area contributed by atoms with Crippen LogP contribution in [0.2, 0.25) is 0 Å². The van der Waals surface area contributed by atoms with E-state index in [2.05, 4.69) is 5.32 Å². The first-order valence-corrected chi connectivity index (χ1v) is 7.10. The van der Waals surface area contributed by atoms with Gasteiger partial charge in [-0.25, -0.2) is 8.78 Å². The van der Waals surface area contributed by atoms with Gasteiger partial charge in [-0.15, -0.1) is 0 Å². The maximum absolute atomic E-state index is 12.7. The molecule has 116 valence electrons. The second kappa shape index (κ2) is 7.47. The first-order chi connectivity index (χ1) is 10.1. The lowest BCUT2D eigenvalue weighted by atomic mass is 10.1. The van der Waals surface area contributed by atoms with Crippen molar-refractivity contribution < 1.29 is 18.3 Å². The van der Waals surface area contributed by atoms with E-state index in [4.69, 9.17) is 4.74 Å². The minimum absolute atomic E-state index is 0.00955. The number of rotatable bonds is 5. The van der Waals surface area contributed by atoms with E-state index < -0.39 is 6.43 Å². The van der Waals surface area contributed by atoms with Crippen molar-refractivity contribution >= 4 is 5.97 Å². The number of hydrogen-bond acceptors (Lipinski definition) is 4. The Morgan fingerprint density at radius 2 is 2.33 bits per heavy atom. The summed E-state index contributed by atoms with van der Waals surface area (Å²) >= 11 is 0. The van der Waals surface area contributed by atoms with Crippen LogP contribution in [0.15, 0.2) is 24.3 Å². The van der Waals surface area contributed by atoms with Crippen molar-refractivity contribution in [2.24, 2.45) is 0 Å². The second-order valence-corrected chi connectivity index (χ2v) is 4.99. The molecule has 6 heteroatoms. The molecule has 2 rings (SSSR count). The highest BCUT2D eigenvalue weighted by molar-refractivity contribution is 5.76. The molecule has 0 bridgehead atoms. The van der Waals surface area contributed by atoms with Crippen LogP contribution in [0.5, 0.6) is 0 Å². The Labute approximate surface area is 123 Å². The van der Waals surface area contributed by atoms with Crippen molar-refractivity contribution in [1.82, 2.24) is 10.2 Å². The van der Waals surface area contributed by atoms with E-state index in [-0.39, 0.29) is 17.6 Å². The van der Waals surface area contributed by atoms with E-state index in [0.717, 1.165) is 12.1 Å². The van der Waals surface area contributed by atoms with E-state index >= 15 is 0 Å². The highest BCUT2D eigenvalue weighted by Gasteiger charge is 2.29. The summed E-state index contributed by atoms with van der Waals surface area (Å²) in [5, 5.41) is 3.16. The number of alkyl halides is 2. The summed E-state index contributed by atoms with van der Waals surface area (Å²) in [5.41, 5.74) is 0.791. The second-order valence-electron chi connectivity index (χ2n) is 4.99. The number of carbonyl (C=O) groups excluding carboxylic acids is 1. The van der Waals surface area contributed by atoms with Crippen LogP contribution in [-0.2, 0) is 16.1 Å². The molecule has 0 amide bonds. The Kier molecular flexibility index (Phi) is 5.64. The molecule has 21 heavy (non-hydrogen) atoms. The van der Waals surface area contributed by atoms with Crippen molar-refractivity contribution in [2.45, 2.75) is 25.9 Å². The molecule has 4 nitrogen and oxygen atoms in total. The average molecular weight is 298 g/mol. The van der Waals surface area contributed by atoms with Gasteiger partial charge < -0.3 is 10.1 Å². The fourth-order valence-corrected chi connectivity index (χ4v) is 2.47. The van der Waals surface area contributed by atoms with Gasteiger partial charge in [-0.2, -0.15) is 0 Å². The van der Waals surface area contributed by atoms with Crippen LogP contribution in [0.4, 0.5) is 8.78 Å². The quantitative estimate of drug-likeness (QED) is 0.844. The molecule has 0 saturated carbocycles. The smallest absolute Gasteiger partial charge is 0.324 e. The van der Waals surface area contributed by atoms with Crippen LogP contribution in [0.1, 0.15) is 24.5 Å². The minimum Gasteiger partial charge on any atom is -0.465 e. The van der Waals surface area contributed by atoms with Gasteiger partial charge in [0.05, 0.1) is 6.61 Å². The SMILES string of the molecule is CCOC(=O)C1CNCCN1Cc1cccc(C(F)F)c1. The van der Waals surface area contributed by atoms with Gasteiger partial charge in [0.1, 0.15) is 6.04 Å². The van der Waals surface area contributed by atoms with Crippen molar-refractivity contribution in [3.8, 4) is 0 Å². The van der Waals surface area contributed by atoms with E-state index in [1.807, 2.05) is 4.90 Å². The summed E-state index contributed by atoms with van der Waals surface area (Å²) in [4.78, 5) is 13.9. The summed E-state index contributed by atoms with van der Waals surface area (Å²) in [6.07, 6.45) is -2.48. The molecule has 1 N–H and O–H groups in total. The third-order valence-electron chi connectivity index (χ3n) is 3.50. The van der Waals surface area contributed by atoms with Crippen LogP contribution >= 0.6 is 0 Å². The normalized spacial score (nSPS) is 19.7. The molecule has 1 unspecified atom stereocenters. The molecule has 1 fully saturated rings. The molecule has 0 aromatic heterocycles. The highest BCUT2D eigenvalue weighted by atomic mass is 19.3. The Morgan fingerprint density at radius 1 is 1.52 bits per heavy atom. The number of nitrogens with one attached hydrogen (secondary N) is 1. The van der Waals surface area contributed by atoms with Gasteiger partial charge in [-0.1, -0.05) is 18.2 Å². The molecule has 1 saturated heterocycles. The van der Waals surface area contributed by atoms with Gasteiger partial charge in [0.25, 0.3) is 6.43 Å². The molecular formula is C15H20F2N2O2. The molecule has 0 radical (unpaired) electrons. The Bertz CT molecular complexity index is 482. The van der Waals surface area contributed by atoms with Crippen molar-refractivity contribution in [2.75, 3.05) is 26.2 Å². The van der Waals surface area contributed by atoms with Crippen LogP contribution in [0.3, 0.4) is 0 Å². The van der Waals surface area contributed by atoms with Crippen molar-refractivity contribution in [1.29, 1.82) is 0 Å². The summed E-state index contributed by atoms with van der Waals surface area (Å²) in [7, 11) is 0. The van der Waals surface area contributed by atoms with E-state index in [1.54, 1.807) is 19.1 Å². The molecular weight excluding hydrogens is 278 g/mol. The molecule has 1 atom stereocenters. The fraction of sp³-hybridized carbons (Fsp3) is 0.533. The van der Waals surface area contributed by atoms with Gasteiger partial charge >= 0.3 is 5.97 Å². The molecule has 1 heterocycles. The Hall–Kier alpha value is -1.53. The fourth-order valence-electron chi connectivity index (χ4n) is 2.47. The number of halogens is 2. The third-order valence-corrected chi connectivity index (χ3v) is 3.50. The number of nitrogens with zero attached hydrogens (tertiary/aromatic N) is 1. The first-order valence-electron chi connectivity index (χ1n) is 7.10. The van der Waals surface area contributed by atoms with Crippen LogP contribution in [-0.4, -0.2) is 43.2 Å².